The zero-order valence-corrected chi connectivity index (χ0v) is 11.2. The molecule has 0 aliphatic heterocycles. The van der Waals surface area contributed by atoms with Gasteiger partial charge in [-0.3, -0.25) is 0 Å². The van der Waals surface area contributed by atoms with Crippen molar-refractivity contribution in [3.8, 4) is 5.75 Å². The molecule has 0 amide bonds. The molecule has 96 valence electrons. The number of phenols is 1. The molecule has 0 aliphatic carbocycles. The fourth-order valence-corrected chi connectivity index (χ4v) is 2.16. The molecule has 0 saturated heterocycles. The van der Waals surface area contributed by atoms with Crippen molar-refractivity contribution in [2.75, 3.05) is 6.26 Å². The van der Waals surface area contributed by atoms with E-state index in [1.807, 2.05) is 30.3 Å². The summed E-state index contributed by atoms with van der Waals surface area (Å²) in [4.78, 5) is 0. The standard InChI is InChI=1S/C14H17NO2S/c1-18-10-13-7-6-12(17-13)9-15-8-11-4-2-3-5-14(11)16/h2-7,15-16H,8-10H2,1H3. The lowest BCUT2D eigenvalue weighted by molar-refractivity contribution is 0.447. The van der Waals surface area contributed by atoms with Gasteiger partial charge < -0.3 is 14.8 Å². The van der Waals surface area contributed by atoms with E-state index < -0.39 is 0 Å². The molecular formula is C14H17NO2S. The maximum absolute atomic E-state index is 9.62. The monoisotopic (exact) mass is 263 g/mol. The Morgan fingerprint density at radius 1 is 1.11 bits per heavy atom. The first-order valence-electron chi connectivity index (χ1n) is 5.83. The van der Waals surface area contributed by atoms with Gasteiger partial charge in [0.1, 0.15) is 17.3 Å². The molecule has 0 unspecified atom stereocenters. The van der Waals surface area contributed by atoms with Crippen molar-refractivity contribution in [1.82, 2.24) is 5.32 Å². The van der Waals surface area contributed by atoms with Gasteiger partial charge in [0.15, 0.2) is 0 Å². The molecule has 4 heteroatoms. The van der Waals surface area contributed by atoms with Crippen molar-refractivity contribution in [3.63, 3.8) is 0 Å². The summed E-state index contributed by atoms with van der Waals surface area (Å²) in [6.45, 7) is 1.30. The third kappa shape index (κ3) is 3.55. The minimum Gasteiger partial charge on any atom is -0.508 e. The van der Waals surface area contributed by atoms with E-state index in [1.165, 1.54) is 0 Å². The quantitative estimate of drug-likeness (QED) is 0.840. The van der Waals surface area contributed by atoms with Crippen LogP contribution in [0.1, 0.15) is 17.1 Å². The van der Waals surface area contributed by atoms with Gasteiger partial charge >= 0.3 is 0 Å². The van der Waals surface area contributed by atoms with Crippen molar-refractivity contribution >= 4 is 11.8 Å². The Bertz CT molecular complexity index is 496. The molecule has 1 heterocycles. The normalized spacial score (nSPS) is 10.7. The number of aromatic hydroxyl groups is 1. The number of hydrogen-bond donors (Lipinski definition) is 2. The zero-order chi connectivity index (χ0) is 12.8. The molecule has 0 bridgehead atoms. The van der Waals surface area contributed by atoms with Gasteiger partial charge in [0.25, 0.3) is 0 Å². The van der Waals surface area contributed by atoms with Crippen LogP contribution in [-0.4, -0.2) is 11.4 Å². The summed E-state index contributed by atoms with van der Waals surface area (Å²) in [5.41, 5.74) is 0.897. The van der Waals surface area contributed by atoms with Crippen LogP contribution in [0.5, 0.6) is 5.75 Å². The SMILES string of the molecule is CSCc1ccc(CNCc2ccccc2O)o1. The highest BCUT2D eigenvalue weighted by Gasteiger charge is 2.02. The van der Waals surface area contributed by atoms with Gasteiger partial charge in [0.2, 0.25) is 0 Å². The Morgan fingerprint density at radius 2 is 1.89 bits per heavy atom. The smallest absolute Gasteiger partial charge is 0.120 e. The number of nitrogens with one attached hydrogen (secondary N) is 1. The number of hydrogen-bond acceptors (Lipinski definition) is 4. The molecule has 18 heavy (non-hydrogen) atoms. The van der Waals surface area contributed by atoms with E-state index >= 15 is 0 Å². The van der Waals surface area contributed by atoms with Gasteiger partial charge in [0, 0.05) is 12.1 Å². The van der Waals surface area contributed by atoms with E-state index in [4.69, 9.17) is 4.42 Å². The van der Waals surface area contributed by atoms with Gasteiger partial charge in [-0.2, -0.15) is 11.8 Å². The largest absolute Gasteiger partial charge is 0.508 e. The minimum atomic E-state index is 0.326. The third-order valence-corrected chi connectivity index (χ3v) is 3.18. The number of furan rings is 1. The molecule has 2 N–H and O–H groups in total. The maximum Gasteiger partial charge on any atom is 0.120 e. The summed E-state index contributed by atoms with van der Waals surface area (Å²) in [5.74, 6) is 3.16. The second-order valence-corrected chi connectivity index (χ2v) is 4.90. The summed E-state index contributed by atoms with van der Waals surface area (Å²) < 4.78 is 5.65. The molecule has 3 nitrogen and oxygen atoms in total. The lowest BCUT2D eigenvalue weighted by Gasteiger charge is -2.05. The molecule has 1 aromatic heterocycles. The van der Waals surface area contributed by atoms with Gasteiger partial charge in [-0.05, 0) is 24.5 Å². The Morgan fingerprint density at radius 3 is 2.67 bits per heavy atom. The minimum absolute atomic E-state index is 0.326. The summed E-state index contributed by atoms with van der Waals surface area (Å²) in [6.07, 6.45) is 2.05. The molecule has 2 rings (SSSR count). The van der Waals surface area contributed by atoms with E-state index in [0.29, 0.717) is 18.8 Å². The lowest BCUT2D eigenvalue weighted by Crippen LogP contribution is -2.12. The van der Waals surface area contributed by atoms with Crippen LogP contribution in [0.25, 0.3) is 0 Å². The fourth-order valence-electron chi connectivity index (χ4n) is 1.72. The number of phenolic OH excluding ortho intramolecular Hbond substituents is 1. The second kappa shape index (κ2) is 6.52. The van der Waals surface area contributed by atoms with Crippen LogP contribution in [0.4, 0.5) is 0 Å². The Labute approximate surface area is 111 Å². The third-order valence-electron chi connectivity index (χ3n) is 2.61. The molecule has 0 fully saturated rings. The van der Waals surface area contributed by atoms with Crippen LogP contribution in [0.3, 0.4) is 0 Å². The molecular weight excluding hydrogens is 246 g/mol. The van der Waals surface area contributed by atoms with Crippen molar-refractivity contribution < 1.29 is 9.52 Å². The summed E-state index contributed by atoms with van der Waals surface area (Å²) in [5, 5.41) is 12.9. The number of thioether (sulfide) groups is 1. The number of benzene rings is 1. The average Bonchev–Trinajstić information content (AvgIpc) is 2.80. The zero-order valence-electron chi connectivity index (χ0n) is 10.3. The maximum atomic E-state index is 9.62. The van der Waals surface area contributed by atoms with Crippen molar-refractivity contribution in [2.45, 2.75) is 18.8 Å². The first-order chi connectivity index (χ1) is 8.79. The molecule has 0 saturated carbocycles. The summed E-state index contributed by atoms with van der Waals surface area (Å²) in [6, 6.07) is 11.3. The van der Waals surface area contributed by atoms with Crippen LogP contribution < -0.4 is 5.32 Å². The first-order valence-corrected chi connectivity index (χ1v) is 7.23. The first kappa shape index (κ1) is 13.1. The molecule has 0 spiro atoms. The van der Waals surface area contributed by atoms with Crippen LogP contribution >= 0.6 is 11.8 Å². The molecule has 2 aromatic rings. The van der Waals surface area contributed by atoms with Crippen LogP contribution in [0.15, 0.2) is 40.8 Å². The predicted molar refractivity (Wildman–Crippen MR) is 74.6 cm³/mol. The van der Waals surface area contributed by atoms with Crippen LogP contribution in [-0.2, 0) is 18.8 Å². The number of rotatable bonds is 6. The van der Waals surface area contributed by atoms with E-state index in [1.54, 1.807) is 17.8 Å². The van der Waals surface area contributed by atoms with E-state index in [9.17, 15) is 5.11 Å². The van der Waals surface area contributed by atoms with Crippen LogP contribution in [0, 0.1) is 0 Å². The summed E-state index contributed by atoms with van der Waals surface area (Å²) in [7, 11) is 0. The van der Waals surface area contributed by atoms with Crippen molar-refractivity contribution in [2.24, 2.45) is 0 Å². The molecule has 0 aliphatic rings. The Hall–Kier alpha value is -1.39. The van der Waals surface area contributed by atoms with Gasteiger partial charge in [0.05, 0.1) is 12.3 Å². The highest BCUT2D eigenvalue weighted by Crippen LogP contribution is 2.16. The van der Waals surface area contributed by atoms with E-state index in [0.717, 1.165) is 22.8 Å². The fraction of sp³-hybridized carbons (Fsp3) is 0.286. The topological polar surface area (TPSA) is 45.4 Å². The number of para-hydroxylation sites is 1. The Kier molecular flexibility index (Phi) is 4.73. The second-order valence-electron chi connectivity index (χ2n) is 4.03. The average molecular weight is 263 g/mol. The highest BCUT2D eigenvalue weighted by molar-refractivity contribution is 7.97. The van der Waals surface area contributed by atoms with Crippen molar-refractivity contribution in [3.05, 3.63) is 53.5 Å². The molecule has 0 radical (unpaired) electrons. The Balaban J connectivity index is 1.83. The summed E-state index contributed by atoms with van der Waals surface area (Å²) >= 11 is 1.74. The van der Waals surface area contributed by atoms with Gasteiger partial charge in [-0.25, -0.2) is 0 Å². The van der Waals surface area contributed by atoms with E-state index in [-0.39, 0.29) is 0 Å². The lowest BCUT2D eigenvalue weighted by atomic mass is 10.2. The molecule has 0 atom stereocenters. The highest BCUT2D eigenvalue weighted by atomic mass is 32.2. The van der Waals surface area contributed by atoms with Gasteiger partial charge in [-0.15, -0.1) is 0 Å². The van der Waals surface area contributed by atoms with Crippen molar-refractivity contribution in [1.29, 1.82) is 0 Å². The molecule has 1 aromatic carbocycles. The van der Waals surface area contributed by atoms with E-state index in [2.05, 4.69) is 11.6 Å². The van der Waals surface area contributed by atoms with Gasteiger partial charge in [-0.1, -0.05) is 18.2 Å². The predicted octanol–water partition coefficient (Wildman–Crippen LogP) is 3.14. The van der Waals surface area contributed by atoms with Crippen LogP contribution in [0.2, 0.25) is 0 Å².